The zero-order valence-electron chi connectivity index (χ0n) is 17.5. The lowest BCUT2D eigenvalue weighted by atomic mass is 10.0. The van der Waals surface area contributed by atoms with Crippen molar-refractivity contribution in [2.45, 2.75) is 32.6 Å². The van der Waals surface area contributed by atoms with E-state index in [2.05, 4.69) is 30.0 Å². The van der Waals surface area contributed by atoms with E-state index in [4.69, 9.17) is 9.72 Å². The average Bonchev–Trinajstić information content (AvgIpc) is 2.73. The number of anilines is 2. The van der Waals surface area contributed by atoms with Crippen LogP contribution in [0.5, 0.6) is 0 Å². The zero-order chi connectivity index (χ0) is 20.4. The molecule has 0 amide bonds. The minimum atomic E-state index is 0.153. The van der Waals surface area contributed by atoms with Crippen LogP contribution in [-0.2, 0) is 11.2 Å². The summed E-state index contributed by atoms with van der Waals surface area (Å²) in [6.07, 6.45) is 4.17. The van der Waals surface area contributed by atoms with Gasteiger partial charge in [0.05, 0.1) is 34.0 Å². The standard InChI is InChI=1S/C23H29N3O2S/c1-4-5-6-7-16-14-19-23(21(22(16)27)25(2)3)29-20-15-17(8-9-18(20)24-19)26-10-12-28-13-11-26/h8-9,14-15H,4-7,10-13H2,1-3H3. The summed E-state index contributed by atoms with van der Waals surface area (Å²) in [5, 5.41) is 0. The van der Waals surface area contributed by atoms with Crippen molar-refractivity contribution in [2.24, 2.45) is 0 Å². The molecule has 1 saturated heterocycles. The molecule has 0 aromatic heterocycles. The van der Waals surface area contributed by atoms with Gasteiger partial charge in [-0.3, -0.25) is 4.79 Å². The Morgan fingerprint density at radius 2 is 1.97 bits per heavy atom. The van der Waals surface area contributed by atoms with Crippen molar-refractivity contribution in [3.63, 3.8) is 0 Å². The zero-order valence-corrected chi connectivity index (χ0v) is 18.3. The Balaban J connectivity index is 1.82. The van der Waals surface area contributed by atoms with Crippen LogP contribution in [-0.4, -0.2) is 45.4 Å². The number of unbranched alkanes of at least 4 members (excludes halogenated alkanes) is 2. The molecule has 154 valence electrons. The molecule has 0 unspecified atom stereocenters. The van der Waals surface area contributed by atoms with Gasteiger partial charge in [-0.05, 0) is 37.1 Å². The molecule has 6 heteroatoms. The van der Waals surface area contributed by atoms with Crippen LogP contribution in [0.15, 0.2) is 29.1 Å². The van der Waals surface area contributed by atoms with Gasteiger partial charge in [0.2, 0.25) is 5.43 Å². The Labute approximate surface area is 176 Å². The molecular weight excluding hydrogens is 382 g/mol. The molecular formula is C23H29N3O2S. The highest BCUT2D eigenvalue weighted by molar-refractivity contribution is 7.22. The van der Waals surface area contributed by atoms with E-state index >= 15 is 0 Å². The van der Waals surface area contributed by atoms with E-state index in [-0.39, 0.29) is 5.43 Å². The molecule has 1 fully saturated rings. The van der Waals surface area contributed by atoms with Gasteiger partial charge in [0.15, 0.2) is 0 Å². The summed E-state index contributed by atoms with van der Waals surface area (Å²) >= 11 is 1.67. The first kappa shape index (κ1) is 20.1. The first-order chi connectivity index (χ1) is 14.1. The summed E-state index contributed by atoms with van der Waals surface area (Å²) < 4.78 is 6.59. The first-order valence-corrected chi connectivity index (χ1v) is 11.3. The largest absolute Gasteiger partial charge is 0.378 e. The second kappa shape index (κ2) is 8.67. The summed E-state index contributed by atoms with van der Waals surface area (Å²) in [6.45, 7) is 5.54. The number of aryl methyl sites for hydroxylation is 1. The fourth-order valence-electron chi connectivity index (χ4n) is 3.95. The van der Waals surface area contributed by atoms with E-state index in [0.717, 1.165) is 84.0 Å². The van der Waals surface area contributed by atoms with E-state index in [0.29, 0.717) is 0 Å². The minimum absolute atomic E-state index is 0.153. The number of nitrogens with zero attached hydrogens (tertiary/aromatic N) is 3. The maximum Gasteiger partial charge on any atom is 0.206 e. The number of hydrogen-bond donors (Lipinski definition) is 0. The molecule has 1 aliphatic carbocycles. The second-order valence-corrected chi connectivity index (χ2v) is 8.93. The van der Waals surface area contributed by atoms with E-state index < -0.39 is 0 Å². The molecule has 1 aromatic carbocycles. The highest BCUT2D eigenvalue weighted by atomic mass is 32.1. The van der Waals surface area contributed by atoms with Gasteiger partial charge in [0, 0.05) is 38.4 Å². The van der Waals surface area contributed by atoms with Crippen LogP contribution in [0.3, 0.4) is 0 Å². The van der Waals surface area contributed by atoms with E-state index in [9.17, 15) is 4.79 Å². The van der Waals surface area contributed by atoms with Gasteiger partial charge in [0.25, 0.3) is 0 Å². The summed E-state index contributed by atoms with van der Waals surface area (Å²) in [5.41, 5.74) is 4.92. The van der Waals surface area contributed by atoms with Crippen LogP contribution in [0.1, 0.15) is 31.7 Å². The predicted octanol–water partition coefficient (Wildman–Crippen LogP) is 4.40. The molecule has 0 N–H and O–H groups in total. The number of fused-ring (bicyclic) bond motifs is 2. The molecule has 0 spiro atoms. The highest BCUT2D eigenvalue weighted by Gasteiger charge is 2.21. The number of benzene rings is 2. The third-order valence-electron chi connectivity index (χ3n) is 5.53. The molecule has 3 aliphatic rings. The lowest BCUT2D eigenvalue weighted by Gasteiger charge is -2.29. The van der Waals surface area contributed by atoms with Crippen LogP contribution in [0.2, 0.25) is 0 Å². The third kappa shape index (κ3) is 4.09. The lowest BCUT2D eigenvalue weighted by Crippen LogP contribution is -2.36. The highest BCUT2D eigenvalue weighted by Crippen LogP contribution is 2.38. The van der Waals surface area contributed by atoms with Crippen molar-refractivity contribution in [1.82, 2.24) is 4.98 Å². The van der Waals surface area contributed by atoms with Gasteiger partial charge >= 0.3 is 0 Å². The van der Waals surface area contributed by atoms with Crippen LogP contribution in [0.25, 0.3) is 20.8 Å². The van der Waals surface area contributed by atoms with Gasteiger partial charge < -0.3 is 14.5 Å². The number of hydrogen-bond acceptors (Lipinski definition) is 6. The Morgan fingerprint density at radius 3 is 2.69 bits per heavy atom. The Bertz CT molecular complexity index is 1020. The Hall–Kier alpha value is -2.18. The molecule has 0 saturated carbocycles. The van der Waals surface area contributed by atoms with Crippen molar-refractivity contribution in [1.29, 1.82) is 0 Å². The van der Waals surface area contributed by atoms with Crippen molar-refractivity contribution in [2.75, 3.05) is 50.2 Å². The van der Waals surface area contributed by atoms with Crippen LogP contribution < -0.4 is 15.2 Å². The molecule has 1 aromatic rings. The number of morpholine rings is 1. The quantitative estimate of drug-likeness (QED) is 0.444. The van der Waals surface area contributed by atoms with Crippen LogP contribution in [0, 0.1) is 0 Å². The van der Waals surface area contributed by atoms with Crippen LogP contribution >= 0.6 is 11.3 Å². The number of aromatic nitrogens is 1. The van der Waals surface area contributed by atoms with E-state index in [1.807, 2.05) is 25.1 Å². The third-order valence-corrected chi connectivity index (χ3v) is 6.69. The number of ether oxygens (including phenoxy) is 1. The molecule has 0 bridgehead atoms. The summed E-state index contributed by atoms with van der Waals surface area (Å²) in [6, 6.07) is 8.48. The summed E-state index contributed by atoms with van der Waals surface area (Å²) in [5.74, 6) is 0. The van der Waals surface area contributed by atoms with Gasteiger partial charge in [-0.15, -0.1) is 11.3 Å². The average molecular weight is 412 g/mol. The van der Waals surface area contributed by atoms with Gasteiger partial charge in [-0.1, -0.05) is 19.8 Å². The molecule has 2 heterocycles. The fourth-order valence-corrected chi connectivity index (χ4v) is 5.15. The molecule has 5 nitrogen and oxygen atoms in total. The minimum Gasteiger partial charge on any atom is -0.378 e. The van der Waals surface area contributed by atoms with E-state index in [1.54, 1.807) is 11.3 Å². The maximum absolute atomic E-state index is 13.2. The molecule has 0 atom stereocenters. The summed E-state index contributed by atoms with van der Waals surface area (Å²) in [4.78, 5) is 23.4. The Kier molecular flexibility index (Phi) is 6.01. The SMILES string of the molecule is CCCCCc1cc2nc3ccc(N4CCOCC4)cc3sc-2c(N(C)C)c1=O. The predicted molar refractivity (Wildman–Crippen MR) is 123 cm³/mol. The Morgan fingerprint density at radius 1 is 1.17 bits per heavy atom. The molecule has 4 rings (SSSR count). The normalized spacial score (nSPS) is 14.7. The molecule has 0 radical (unpaired) electrons. The monoisotopic (exact) mass is 411 g/mol. The van der Waals surface area contributed by atoms with Crippen molar-refractivity contribution in [3.8, 4) is 10.6 Å². The van der Waals surface area contributed by atoms with Crippen molar-refractivity contribution in [3.05, 3.63) is 40.1 Å². The van der Waals surface area contributed by atoms with Gasteiger partial charge in [0.1, 0.15) is 5.69 Å². The molecule has 2 aliphatic heterocycles. The van der Waals surface area contributed by atoms with Crippen molar-refractivity contribution < 1.29 is 4.74 Å². The maximum atomic E-state index is 13.2. The van der Waals surface area contributed by atoms with Crippen LogP contribution in [0.4, 0.5) is 11.4 Å². The van der Waals surface area contributed by atoms with Gasteiger partial charge in [-0.25, -0.2) is 4.98 Å². The summed E-state index contributed by atoms with van der Waals surface area (Å²) in [7, 11) is 3.90. The topological polar surface area (TPSA) is 45.7 Å². The second-order valence-electron chi connectivity index (χ2n) is 7.88. The molecule has 29 heavy (non-hydrogen) atoms. The van der Waals surface area contributed by atoms with E-state index in [1.165, 1.54) is 5.69 Å². The lowest BCUT2D eigenvalue weighted by molar-refractivity contribution is 0.122. The first-order valence-electron chi connectivity index (χ1n) is 10.5. The van der Waals surface area contributed by atoms with Gasteiger partial charge in [-0.2, -0.15) is 0 Å². The smallest absolute Gasteiger partial charge is 0.206 e. The number of rotatable bonds is 6. The van der Waals surface area contributed by atoms with Crippen molar-refractivity contribution >= 4 is 32.9 Å². The fraction of sp³-hybridized carbons (Fsp3) is 0.478.